The summed E-state index contributed by atoms with van der Waals surface area (Å²) in [6.45, 7) is 3.05. The molecule has 9 heteroatoms. The van der Waals surface area contributed by atoms with Crippen LogP contribution in [0.2, 0.25) is 0 Å². The summed E-state index contributed by atoms with van der Waals surface area (Å²) in [5.41, 5.74) is 5.64. The van der Waals surface area contributed by atoms with Gasteiger partial charge in [-0.15, -0.1) is 12.4 Å². The fourth-order valence-corrected chi connectivity index (χ4v) is 3.86. The molecule has 0 spiro atoms. The first kappa shape index (κ1) is 20.8. The summed E-state index contributed by atoms with van der Waals surface area (Å²) < 4.78 is 39.2. The van der Waals surface area contributed by atoms with Crippen molar-refractivity contribution < 1.29 is 17.6 Å². The second kappa shape index (κ2) is 8.75. The molecular formula is C15H23ClFN3O3S. The van der Waals surface area contributed by atoms with Gasteiger partial charge in [0.1, 0.15) is 5.82 Å². The van der Waals surface area contributed by atoms with Gasteiger partial charge >= 0.3 is 0 Å². The normalized spacial score (nSPS) is 17.2. The fraction of sp³-hybridized carbons (Fsp3) is 0.533. The molecule has 1 unspecified atom stereocenters. The largest absolute Gasteiger partial charge is 0.340 e. The minimum atomic E-state index is -3.64. The van der Waals surface area contributed by atoms with Crippen molar-refractivity contribution in [2.24, 2.45) is 5.73 Å². The third-order valence-electron chi connectivity index (χ3n) is 3.86. The number of nitrogens with zero attached hydrogens (tertiary/aromatic N) is 2. The minimum absolute atomic E-state index is 0. The van der Waals surface area contributed by atoms with E-state index in [4.69, 9.17) is 5.73 Å². The minimum Gasteiger partial charge on any atom is -0.340 e. The Bertz CT molecular complexity index is 644. The van der Waals surface area contributed by atoms with Crippen molar-refractivity contribution in [1.29, 1.82) is 0 Å². The van der Waals surface area contributed by atoms with E-state index in [0.717, 1.165) is 12.1 Å². The van der Waals surface area contributed by atoms with Gasteiger partial charge in [0.05, 0.1) is 4.90 Å². The lowest BCUT2D eigenvalue weighted by atomic mass is 10.2. The number of rotatable bonds is 5. The van der Waals surface area contributed by atoms with Gasteiger partial charge in [0.25, 0.3) is 0 Å². The van der Waals surface area contributed by atoms with Crippen molar-refractivity contribution >= 4 is 28.3 Å². The summed E-state index contributed by atoms with van der Waals surface area (Å²) >= 11 is 0. The number of piperazine rings is 1. The van der Waals surface area contributed by atoms with Gasteiger partial charge in [-0.05, 0) is 37.6 Å². The van der Waals surface area contributed by atoms with Crippen molar-refractivity contribution in [3.63, 3.8) is 0 Å². The lowest BCUT2D eigenvalue weighted by molar-refractivity contribution is -0.132. The molecule has 1 atom stereocenters. The smallest absolute Gasteiger partial charge is 0.243 e. The zero-order valence-electron chi connectivity index (χ0n) is 13.5. The summed E-state index contributed by atoms with van der Waals surface area (Å²) in [6, 6.07) is 4.73. The van der Waals surface area contributed by atoms with Gasteiger partial charge in [0.15, 0.2) is 0 Å². The van der Waals surface area contributed by atoms with Crippen LogP contribution < -0.4 is 5.73 Å². The van der Waals surface area contributed by atoms with Gasteiger partial charge in [-0.25, -0.2) is 12.8 Å². The number of sulfonamides is 1. The molecule has 0 saturated carbocycles. The standard InChI is InChI=1S/C15H22FN3O3S.ClH/c1-12(17)2-7-15(20)18-8-10-19(11-9-18)23(21,22)14-5-3-13(16)4-6-14;/h3-6,12H,2,7-11,17H2,1H3;1H. The maximum Gasteiger partial charge on any atom is 0.243 e. The number of nitrogens with two attached hydrogens (primary N) is 1. The van der Waals surface area contributed by atoms with Gasteiger partial charge in [-0.2, -0.15) is 4.31 Å². The maximum atomic E-state index is 12.9. The Balaban J connectivity index is 0.00000288. The molecule has 1 heterocycles. The molecule has 0 aliphatic carbocycles. The lowest BCUT2D eigenvalue weighted by Gasteiger charge is -2.34. The van der Waals surface area contributed by atoms with E-state index < -0.39 is 15.8 Å². The molecule has 24 heavy (non-hydrogen) atoms. The van der Waals surface area contributed by atoms with Crippen molar-refractivity contribution in [2.75, 3.05) is 26.2 Å². The number of hydrogen-bond donors (Lipinski definition) is 1. The molecule has 1 aliphatic heterocycles. The molecule has 0 radical (unpaired) electrons. The van der Waals surface area contributed by atoms with E-state index in [-0.39, 0.29) is 42.3 Å². The highest BCUT2D eigenvalue weighted by Crippen LogP contribution is 2.18. The van der Waals surface area contributed by atoms with Crippen LogP contribution in [0.3, 0.4) is 0 Å². The Morgan fingerprint density at radius 1 is 1.21 bits per heavy atom. The van der Waals surface area contributed by atoms with Crippen LogP contribution in [0.5, 0.6) is 0 Å². The number of carbonyl (C=O) groups excluding carboxylic acids is 1. The van der Waals surface area contributed by atoms with Crippen molar-refractivity contribution in [3.05, 3.63) is 30.1 Å². The SMILES string of the molecule is CC(N)CCC(=O)N1CCN(S(=O)(=O)c2ccc(F)cc2)CC1.Cl. The summed E-state index contributed by atoms with van der Waals surface area (Å²) in [7, 11) is -3.64. The quantitative estimate of drug-likeness (QED) is 0.833. The molecule has 2 rings (SSSR count). The molecule has 1 saturated heterocycles. The van der Waals surface area contributed by atoms with Crippen LogP contribution in [0.4, 0.5) is 4.39 Å². The van der Waals surface area contributed by atoms with Crippen LogP contribution >= 0.6 is 12.4 Å². The summed E-state index contributed by atoms with van der Waals surface area (Å²) in [4.78, 5) is 13.8. The zero-order chi connectivity index (χ0) is 17.0. The fourth-order valence-electron chi connectivity index (χ4n) is 2.44. The van der Waals surface area contributed by atoms with Crippen molar-refractivity contribution in [3.8, 4) is 0 Å². The lowest BCUT2D eigenvalue weighted by Crippen LogP contribution is -2.50. The zero-order valence-corrected chi connectivity index (χ0v) is 15.2. The van der Waals surface area contributed by atoms with E-state index >= 15 is 0 Å². The second-order valence-electron chi connectivity index (χ2n) is 5.75. The molecule has 2 N–H and O–H groups in total. The highest BCUT2D eigenvalue weighted by Gasteiger charge is 2.29. The number of amides is 1. The van der Waals surface area contributed by atoms with Gasteiger partial charge in [0, 0.05) is 38.6 Å². The molecule has 1 amide bonds. The average molecular weight is 380 g/mol. The molecule has 6 nitrogen and oxygen atoms in total. The summed E-state index contributed by atoms with van der Waals surface area (Å²) in [5, 5.41) is 0. The van der Waals surface area contributed by atoms with E-state index in [0.29, 0.717) is 25.9 Å². The predicted octanol–water partition coefficient (Wildman–Crippen LogP) is 1.21. The number of carbonyl (C=O) groups is 1. The third kappa shape index (κ3) is 5.14. The Labute approximate surface area is 148 Å². The van der Waals surface area contributed by atoms with Crippen LogP contribution in [0.1, 0.15) is 19.8 Å². The van der Waals surface area contributed by atoms with Gasteiger partial charge in [0.2, 0.25) is 15.9 Å². The maximum absolute atomic E-state index is 12.9. The molecule has 1 aromatic carbocycles. The Kier molecular flexibility index (Phi) is 7.59. The highest BCUT2D eigenvalue weighted by atomic mass is 35.5. The summed E-state index contributed by atoms with van der Waals surface area (Å²) in [5.74, 6) is -0.477. The average Bonchev–Trinajstić information content (AvgIpc) is 2.53. The monoisotopic (exact) mass is 379 g/mol. The first-order valence-corrected chi connectivity index (χ1v) is 9.04. The number of benzene rings is 1. The van der Waals surface area contributed by atoms with E-state index in [1.807, 2.05) is 6.92 Å². The van der Waals surface area contributed by atoms with E-state index in [2.05, 4.69) is 0 Å². The number of hydrogen-bond acceptors (Lipinski definition) is 4. The molecule has 1 aromatic rings. The van der Waals surface area contributed by atoms with E-state index in [9.17, 15) is 17.6 Å². The predicted molar refractivity (Wildman–Crippen MR) is 91.9 cm³/mol. The van der Waals surface area contributed by atoms with Crippen LogP contribution in [0.25, 0.3) is 0 Å². The molecule has 136 valence electrons. The first-order valence-electron chi connectivity index (χ1n) is 7.60. The second-order valence-corrected chi connectivity index (χ2v) is 7.69. The Morgan fingerprint density at radius 2 is 1.75 bits per heavy atom. The Hall–Kier alpha value is -1.22. The molecule has 0 aromatic heterocycles. The van der Waals surface area contributed by atoms with Gasteiger partial charge < -0.3 is 10.6 Å². The Morgan fingerprint density at radius 3 is 2.25 bits per heavy atom. The van der Waals surface area contributed by atoms with Crippen LogP contribution in [0, 0.1) is 5.82 Å². The van der Waals surface area contributed by atoms with Crippen LogP contribution in [0.15, 0.2) is 29.2 Å². The van der Waals surface area contributed by atoms with Crippen LogP contribution in [-0.4, -0.2) is 55.8 Å². The highest BCUT2D eigenvalue weighted by molar-refractivity contribution is 7.89. The molecule has 0 bridgehead atoms. The van der Waals surface area contributed by atoms with E-state index in [1.165, 1.54) is 16.4 Å². The first-order chi connectivity index (χ1) is 10.8. The van der Waals surface area contributed by atoms with E-state index in [1.54, 1.807) is 4.90 Å². The van der Waals surface area contributed by atoms with Gasteiger partial charge in [-0.3, -0.25) is 4.79 Å². The third-order valence-corrected chi connectivity index (χ3v) is 5.77. The topological polar surface area (TPSA) is 83.7 Å². The van der Waals surface area contributed by atoms with Crippen molar-refractivity contribution in [1.82, 2.24) is 9.21 Å². The van der Waals surface area contributed by atoms with Crippen LogP contribution in [-0.2, 0) is 14.8 Å². The van der Waals surface area contributed by atoms with Crippen molar-refractivity contribution in [2.45, 2.75) is 30.7 Å². The molecule has 1 aliphatic rings. The number of halogens is 2. The molecular weight excluding hydrogens is 357 g/mol. The summed E-state index contributed by atoms with van der Waals surface area (Å²) in [6.07, 6.45) is 0.995. The van der Waals surface area contributed by atoms with Gasteiger partial charge in [-0.1, -0.05) is 0 Å². The molecule has 1 fully saturated rings.